The lowest BCUT2D eigenvalue weighted by Crippen LogP contribution is -2.18. The van der Waals surface area contributed by atoms with E-state index in [0.29, 0.717) is 6.61 Å². The molecular formula is C8H16N2O2. The third-order valence-corrected chi connectivity index (χ3v) is 1.25. The molecule has 0 aliphatic carbocycles. The van der Waals surface area contributed by atoms with Gasteiger partial charge in [-0.05, 0) is 20.5 Å². The summed E-state index contributed by atoms with van der Waals surface area (Å²) in [6, 6.07) is 0. The van der Waals surface area contributed by atoms with E-state index in [0.717, 1.165) is 13.0 Å². The Bertz CT molecular complexity index is 166. The Balaban J connectivity index is 3.32. The number of nitrogens with zero attached hydrogens (tertiary/aromatic N) is 1. The number of esters is 1. The lowest BCUT2D eigenvalue weighted by Gasteiger charge is -2.08. The van der Waals surface area contributed by atoms with Gasteiger partial charge in [-0.25, -0.2) is 4.79 Å². The van der Waals surface area contributed by atoms with Crippen LogP contribution in [0.4, 0.5) is 0 Å². The number of hydrogen-bond donors (Lipinski definition) is 1. The summed E-state index contributed by atoms with van der Waals surface area (Å²) in [6.45, 7) is 4.55. The first kappa shape index (κ1) is 11.0. The van der Waals surface area contributed by atoms with Crippen molar-refractivity contribution in [3.8, 4) is 0 Å². The summed E-state index contributed by atoms with van der Waals surface area (Å²) < 4.78 is 4.76. The second-order valence-electron chi connectivity index (χ2n) is 2.82. The van der Waals surface area contributed by atoms with Gasteiger partial charge in [0.2, 0.25) is 0 Å². The zero-order chi connectivity index (χ0) is 9.56. The van der Waals surface area contributed by atoms with Crippen LogP contribution in [0.2, 0.25) is 0 Å². The van der Waals surface area contributed by atoms with Crippen molar-refractivity contribution >= 4 is 5.97 Å². The molecule has 0 aromatic rings. The SMILES string of the molecule is C=C(N)C(=O)OCCCN(C)C. The molecule has 0 unspecified atom stereocenters. The number of ether oxygens (including phenoxy) is 1. The molecule has 0 bridgehead atoms. The lowest BCUT2D eigenvalue weighted by atomic mass is 10.4. The molecule has 12 heavy (non-hydrogen) atoms. The van der Waals surface area contributed by atoms with Gasteiger partial charge in [-0.3, -0.25) is 0 Å². The van der Waals surface area contributed by atoms with Crippen LogP contribution in [0.3, 0.4) is 0 Å². The van der Waals surface area contributed by atoms with Gasteiger partial charge in [0.15, 0.2) is 0 Å². The monoisotopic (exact) mass is 172 g/mol. The first-order chi connectivity index (χ1) is 5.54. The average molecular weight is 172 g/mol. The highest BCUT2D eigenvalue weighted by Gasteiger charge is 2.02. The van der Waals surface area contributed by atoms with Crippen LogP contribution in [0.1, 0.15) is 6.42 Å². The van der Waals surface area contributed by atoms with Gasteiger partial charge < -0.3 is 15.4 Å². The summed E-state index contributed by atoms with van der Waals surface area (Å²) in [4.78, 5) is 12.7. The Morgan fingerprint density at radius 2 is 2.17 bits per heavy atom. The Kier molecular flexibility index (Phi) is 5.12. The van der Waals surface area contributed by atoms with E-state index in [1.165, 1.54) is 0 Å². The molecule has 0 saturated heterocycles. The van der Waals surface area contributed by atoms with E-state index >= 15 is 0 Å². The summed E-state index contributed by atoms with van der Waals surface area (Å²) in [7, 11) is 3.92. The number of carbonyl (C=O) groups is 1. The molecule has 0 aliphatic heterocycles. The van der Waals surface area contributed by atoms with E-state index < -0.39 is 5.97 Å². The van der Waals surface area contributed by atoms with Crippen LogP contribution in [0.25, 0.3) is 0 Å². The van der Waals surface area contributed by atoms with Gasteiger partial charge in [-0.15, -0.1) is 0 Å². The molecule has 0 spiro atoms. The van der Waals surface area contributed by atoms with Crippen molar-refractivity contribution in [3.05, 3.63) is 12.3 Å². The van der Waals surface area contributed by atoms with E-state index in [2.05, 4.69) is 6.58 Å². The molecule has 0 saturated carbocycles. The molecule has 0 aliphatic rings. The molecule has 4 heteroatoms. The number of hydrogen-bond acceptors (Lipinski definition) is 4. The Labute approximate surface area is 73.0 Å². The highest BCUT2D eigenvalue weighted by atomic mass is 16.5. The van der Waals surface area contributed by atoms with Gasteiger partial charge in [0, 0.05) is 6.54 Å². The van der Waals surface area contributed by atoms with Crippen LogP contribution >= 0.6 is 0 Å². The van der Waals surface area contributed by atoms with E-state index in [1.807, 2.05) is 19.0 Å². The van der Waals surface area contributed by atoms with Crippen molar-refractivity contribution < 1.29 is 9.53 Å². The van der Waals surface area contributed by atoms with Crippen LogP contribution < -0.4 is 5.73 Å². The van der Waals surface area contributed by atoms with Gasteiger partial charge in [0.25, 0.3) is 0 Å². The first-order valence-corrected chi connectivity index (χ1v) is 3.80. The fourth-order valence-corrected chi connectivity index (χ4v) is 0.638. The van der Waals surface area contributed by atoms with Crippen LogP contribution in [-0.4, -0.2) is 38.1 Å². The third-order valence-electron chi connectivity index (χ3n) is 1.25. The quantitative estimate of drug-likeness (QED) is 0.359. The van der Waals surface area contributed by atoms with Crippen LogP contribution in [-0.2, 0) is 9.53 Å². The summed E-state index contributed by atoms with van der Waals surface area (Å²) in [5, 5.41) is 0. The fourth-order valence-electron chi connectivity index (χ4n) is 0.638. The van der Waals surface area contributed by atoms with Crippen LogP contribution in [0, 0.1) is 0 Å². The predicted molar refractivity (Wildman–Crippen MR) is 47.5 cm³/mol. The van der Waals surface area contributed by atoms with E-state index in [1.54, 1.807) is 0 Å². The molecule has 0 fully saturated rings. The summed E-state index contributed by atoms with van der Waals surface area (Å²) >= 11 is 0. The van der Waals surface area contributed by atoms with E-state index in [-0.39, 0.29) is 5.70 Å². The van der Waals surface area contributed by atoms with E-state index in [9.17, 15) is 4.79 Å². The van der Waals surface area contributed by atoms with Crippen molar-refractivity contribution in [3.63, 3.8) is 0 Å². The molecule has 0 amide bonds. The van der Waals surface area contributed by atoms with Crippen molar-refractivity contribution in [1.29, 1.82) is 0 Å². The largest absolute Gasteiger partial charge is 0.461 e. The normalized spacial score (nSPS) is 9.92. The van der Waals surface area contributed by atoms with Crippen LogP contribution in [0.15, 0.2) is 12.3 Å². The average Bonchev–Trinajstić information content (AvgIpc) is 1.97. The minimum absolute atomic E-state index is 0.0418. The van der Waals surface area contributed by atoms with Gasteiger partial charge in [-0.2, -0.15) is 0 Å². The maximum Gasteiger partial charge on any atom is 0.353 e. The fraction of sp³-hybridized carbons (Fsp3) is 0.625. The van der Waals surface area contributed by atoms with Crippen molar-refractivity contribution in [1.82, 2.24) is 4.90 Å². The standard InChI is InChI=1S/C8H16N2O2/c1-7(9)8(11)12-6-4-5-10(2)3/h1,4-6,9H2,2-3H3. The minimum atomic E-state index is -0.520. The molecule has 0 aromatic heterocycles. The Morgan fingerprint density at radius 3 is 2.58 bits per heavy atom. The molecule has 2 N–H and O–H groups in total. The smallest absolute Gasteiger partial charge is 0.353 e. The van der Waals surface area contributed by atoms with Crippen molar-refractivity contribution in [2.45, 2.75) is 6.42 Å². The van der Waals surface area contributed by atoms with Crippen LogP contribution in [0.5, 0.6) is 0 Å². The highest BCUT2D eigenvalue weighted by Crippen LogP contribution is 1.89. The summed E-state index contributed by atoms with van der Waals surface area (Å²) in [5.74, 6) is -0.520. The molecule has 0 heterocycles. The Hall–Kier alpha value is -1.03. The second kappa shape index (κ2) is 5.60. The zero-order valence-electron chi connectivity index (χ0n) is 7.67. The second-order valence-corrected chi connectivity index (χ2v) is 2.82. The van der Waals surface area contributed by atoms with Gasteiger partial charge in [0.05, 0.1) is 6.61 Å². The van der Waals surface area contributed by atoms with Gasteiger partial charge >= 0.3 is 5.97 Å². The lowest BCUT2D eigenvalue weighted by molar-refractivity contribution is -0.139. The number of nitrogens with two attached hydrogens (primary N) is 1. The zero-order valence-corrected chi connectivity index (χ0v) is 7.67. The molecular weight excluding hydrogens is 156 g/mol. The topological polar surface area (TPSA) is 55.6 Å². The molecule has 0 radical (unpaired) electrons. The molecule has 0 rings (SSSR count). The highest BCUT2D eigenvalue weighted by molar-refractivity contribution is 5.86. The van der Waals surface area contributed by atoms with E-state index in [4.69, 9.17) is 10.5 Å². The maximum atomic E-state index is 10.7. The third kappa shape index (κ3) is 5.73. The molecule has 0 atom stereocenters. The predicted octanol–water partition coefficient (Wildman–Crippen LogP) is -0.0463. The number of rotatable bonds is 5. The van der Waals surface area contributed by atoms with Gasteiger partial charge in [0.1, 0.15) is 5.70 Å². The van der Waals surface area contributed by atoms with Crippen molar-refractivity contribution in [2.75, 3.05) is 27.2 Å². The molecule has 0 aromatic carbocycles. The first-order valence-electron chi connectivity index (χ1n) is 3.80. The summed E-state index contributed by atoms with van der Waals surface area (Å²) in [6.07, 6.45) is 0.812. The van der Waals surface area contributed by atoms with Crippen molar-refractivity contribution in [2.24, 2.45) is 5.73 Å². The maximum absolute atomic E-state index is 10.7. The number of carbonyl (C=O) groups excluding carboxylic acids is 1. The Morgan fingerprint density at radius 1 is 1.58 bits per heavy atom. The summed E-state index contributed by atoms with van der Waals surface area (Å²) in [5.41, 5.74) is 5.06. The van der Waals surface area contributed by atoms with Gasteiger partial charge in [-0.1, -0.05) is 6.58 Å². The molecule has 4 nitrogen and oxygen atoms in total. The minimum Gasteiger partial charge on any atom is -0.461 e. The molecule has 70 valence electrons.